The van der Waals surface area contributed by atoms with E-state index in [-0.39, 0.29) is 11.7 Å². The van der Waals surface area contributed by atoms with Gasteiger partial charge in [0.25, 0.3) is 5.91 Å². The Hall–Kier alpha value is -3.54. The molecule has 25 heavy (non-hydrogen) atoms. The summed E-state index contributed by atoms with van der Waals surface area (Å²) in [7, 11) is 0. The van der Waals surface area contributed by atoms with E-state index in [9.17, 15) is 9.18 Å². The van der Waals surface area contributed by atoms with E-state index in [1.807, 2.05) is 6.07 Å². The molecule has 0 saturated carbocycles. The summed E-state index contributed by atoms with van der Waals surface area (Å²) < 4.78 is 19.4. The molecular formula is C19H14FN3O2. The predicted octanol–water partition coefficient (Wildman–Crippen LogP) is 3.78. The van der Waals surface area contributed by atoms with Crippen LogP contribution in [-0.4, -0.2) is 17.1 Å². The van der Waals surface area contributed by atoms with E-state index in [0.29, 0.717) is 16.9 Å². The fourth-order valence-electron chi connectivity index (χ4n) is 2.02. The minimum Gasteiger partial charge on any atom is -0.454 e. The third kappa shape index (κ3) is 4.48. The second kappa shape index (κ2) is 7.83. The number of amides is 1. The molecule has 1 aromatic heterocycles. The van der Waals surface area contributed by atoms with Gasteiger partial charge in [0.15, 0.2) is 11.6 Å². The van der Waals surface area contributed by atoms with Gasteiger partial charge in [0.2, 0.25) is 0 Å². The summed E-state index contributed by atoms with van der Waals surface area (Å²) in [5.41, 5.74) is 3.36. The van der Waals surface area contributed by atoms with Gasteiger partial charge in [-0.15, -0.1) is 0 Å². The van der Waals surface area contributed by atoms with Gasteiger partial charge in [0, 0.05) is 12.4 Å². The zero-order valence-electron chi connectivity index (χ0n) is 13.1. The van der Waals surface area contributed by atoms with Crippen molar-refractivity contribution in [3.63, 3.8) is 0 Å². The molecule has 1 N–H and O–H groups in total. The Balaban J connectivity index is 1.68. The lowest BCUT2D eigenvalue weighted by Crippen LogP contribution is -2.17. The summed E-state index contributed by atoms with van der Waals surface area (Å²) in [6.07, 6.45) is 4.42. The third-order valence-corrected chi connectivity index (χ3v) is 3.23. The highest BCUT2D eigenvalue weighted by molar-refractivity contribution is 5.94. The van der Waals surface area contributed by atoms with Crippen molar-refractivity contribution in [1.82, 2.24) is 10.4 Å². The van der Waals surface area contributed by atoms with Crippen LogP contribution in [0.3, 0.4) is 0 Å². The zero-order valence-corrected chi connectivity index (χ0v) is 13.1. The highest BCUT2D eigenvalue weighted by Crippen LogP contribution is 2.24. The zero-order chi connectivity index (χ0) is 17.5. The first-order valence-corrected chi connectivity index (χ1v) is 7.48. The number of rotatable bonds is 5. The molecule has 1 heterocycles. The summed E-state index contributed by atoms with van der Waals surface area (Å²) in [6, 6.07) is 16.5. The topological polar surface area (TPSA) is 63.6 Å². The van der Waals surface area contributed by atoms with Crippen LogP contribution in [0.2, 0.25) is 0 Å². The first-order valence-electron chi connectivity index (χ1n) is 7.48. The Morgan fingerprint density at radius 3 is 2.72 bits per heavy atom. The van der Waals surface area contributed by atoms with Crippen LogP contribution >= 0.6 is 0 Å². The first kappa shape index (κ1) is 16.3. The second-order valence-corrected chi connectivity index (χ2v) is 5.05. The van der Waals surface area contributed by atoms with Crippen molar-refractivity contribution in [1.29, 1.82) is 0 Å². The molecule has 1 amide bonds. The molecule has 124 valence electrons. The molecule has 3 rings (SSSR count). The number of nitrogens with zero attached hydrogens (tertiary/aromatic N) is 2. The number of carbonyl (C=O) groups is 1. The third-order valence-electron chi connectivity index (χ3n) is 3.23. The fraction of sp³-hybridized carbons (Fsp3) is 0. The summed E-state index contributed by atoms with van der Waals surface area (Å²) in [4.78, 5) is 15.7. The van der Waals surface area contributed by atoms with E-state index in [1.54, 1.807) is 42.6 Å². The molecule has 0 aliphatic heterocycles. The largest absolute Gasteiger partial charge is 0.454 e. The van der Waals surface area contributed by atoms with Crippen molar-refractivity contribution in [3.05, 3.63) is 90.0 Å². The molecule has 0 radical (unpaired) electrons. The number of hydrogen-bond donors (Lipinski definition) is 1. The summed E-state index contributed by atoms with van der Waals surface area (Å²) in [6.45, 7) is 0. The molecule has 0 unspecified atom stereocenters. The van der Waals surface area contributed by atoms with Gasteiger partial charge in [0.05, 0.1) is 11.8 Å². The highest BCUT2D eigenvalue weighted by atomic mass is 19.1. The smallest absolute Gasteiger partial charge is 0.272 e. The number of nitrogens with one attached hydrogen (secondary N) is 1. The van der Waals surface area contributed by atoms with Crippen molar-refractivity contribution < 1.29 is 13.9 Å². The van der Waals surface area contributed by atoms with Crippen molar-refractivity contribution >= 4 is 12.1 Å². The monoisotopic (exact) mass is 335 g/mol. The van der Waals surface area contributed by atoms with Crippen molar-refractivity contribution in [3.8, 4) is 11.5 Å². The number of pyridine rings is 1. The quantitative estimate of drug-likeness (QED) is 0.570. The van der Waals surface area contributed by atoms with Gasteiger partial charge in [-0.3, -0.25) is 9.78 Å². The molecule has 0 atom stereocenters. The van der Waals surface area contributed by atoms with E-state index < -0.39 is 5.82 Å². The number of para-hydroxylation sites is 1. The number of carbonyl (C=O) groups excluding carboxylic acids is 1. The van der Waals surface area contributed by atoms with Crippen molar-refractivity contribution in [2.24, 2.45) is 5.10 Å². The molecule has 0 fully saturated rings. The molecular weight excluding hydrogens is 321 g/mol. The van der Waals surface area contributed by atoms with Gasteiger partial charge >= 0.3 is 0 Å². The van der Waals surface area contributed by atoms with Crippen LogP contribution in [0.25, 0.3) is 0 Å². The normalized spacial score (nSPS) is 10.6. The molecule has 6 heteroatoms. The first-order chi connectivity index (χ1) is 12.2. The number of aromatic nitrogens is 1. The average molecular weight is 335 g/mol. The molecule has 3 aromatic rings. The van der Waals surface area contributed by atoms with Crippen LogP contribution in [0.5, 0.6) is 11.5 Å². The molecule has 5 nitrogen and oxygen atoms in total. The lowest BCUT2D eigenvalue weighted by molar-refractivity contribution is 0.0955. The maximum Gasteiger partial charge on any atom is 0.272 e. The van der Waals surface area contributed by atoms with E-state index in [0.717, 1.165) is 0 Å². The Morgan fingerprint density at radius 1 is 1.12 bits per heavy atom. The minimum atomic E-state index is -0.486. The second-order valence-electron chi connectivity index (χ2n) is 5.05. The van der Waals surface area contributed by atoms with Crippen LogP contribution in [0, 0.1) is 5.82 Å². The molecule has 2 aromatic carbocycles. The highest BCUT2D eigenvalue weighted by Gasteiger charge is 2.06. The molecule has 0 aliphatic rings. The number of ether oxygens (including phenoxy) is 1. The SMILES string of the molecule is O=C(N/N=C\c1ccc(F)c(Oc2ccccc2)c1)c1cccnc1. The van der Waals surface area contributed by atoms with Gasteiger partial charge in [-0.25, -0.2) is 9.82 Å². The van der Waals surface area contributed by atoms with Gasteiger partial charge < -0.3 is 4.74 Å². The van der Waals surface area contributed by atoms with Gasteiger partial charge in [-0.1, -0.05) is 24.3 Å². The average Bonchev–Trinajstić information content (AvgIpc) is 2.66. The summed E-state index contributed by atoms with van der Waals surface area (Å²) >= 11 is 0. The Bertz CT molecular complexity index is 884. The van der Waals surface area contributed by atoms with Crippen molar-refractivity contribution in [2.45, 2.75) is 0 Å². The number of hydrogen-bond acceptors (Lipinski definition) is 4. The number of benzene rings is 2. The van der Waals surface area contributed by atoms with Crippen LogP contribution in [0.4, 0.5) is 4.39 Å². The predicted molar refractivity (Wildman–Crippen MR) is 92.2 cm³/mol. The molecule has 0 spiro atoms. The minimum absolute atomic E-state index is 0.0775. The maximum atomic E-state index is 13.9. The summed E-state index contributed by atoms with van der Waals surface area (Å²) in [5, 5.41) is 3.87. The molecule has 0 aliphatic carbocycles. The van der Waals surface area contributed by atoms with E-state index in [1.165, 1.54) is 30.6 Å². The van der Waals surface area contributed by atoms with Crippen LogP contribution in [0.1, 0.15) is 15.9 Å². The fourth-order valence-corrected chi connectivity index (χ4v) is 2.02. The van der Waals surface area contributed by atoms with Crippen molar-refractivity contribution in [2.75, 3.05) is 0 Å². The lowest BCUT2D eigenvalue weighted by Gasteiger charge is -2.07. The van der Waals surface area contributed by atoms with E-state index in [2.05, 4.69) is 15.5 Å². The molecule has 0 saturated heterocycles. The van der Waals surface area contributed by atoms with Gasteiger partial charge in [0.1, 0.15) is 5.75 Å². The number of hydrazone groups is 1. The van der Waals surface area contributed by atoms with E-state index >= 15 is 0 Å². The van der Waals surface area contributed by atoms with E-state index in [4.69, 9.17) is 4.74 Å². The summed E-state index contributed by atoms with van der Waals surface area (Å²) in [5.74, 6) is -0.262. The Kier molecular flexibility index (Phi) is 5.11. The number of halogens is 1. The van der Waals surface area contributed by atoms with Gasteiger partial charge in [-0.05, 0) is 42.0 Å². The standard InChI is InChI=1S/C19H14FN3O2/c20-17-9-8-14(11-18(17)25-16-6-2-1-3-7-16)12-22-23-19(24)15-5-4-10-21-13-15/h1-13H,(H,23,24)/b22-12-. The van der Waals surface area contributed by atoms with Crippen LogP contribution in [-0.2, 0) is 0 Å². The lowest BCUT2D eigenvalue weighted by atomic mass is 10.2. The molecule has 0 bridgehead atoms. The Labute approximate surface area is 143 Å². The maximum absolute atomic E-state index is 13.9. The van der Waals surface area contributed by atoms with Crippen LogP contribution in [0.15, 0.2) is 78.2 Å². The Morgan fingerprint density at radius 2 is 1.96 bits per heavy atom. The van der Waals surface area contributed by atoms with Gasteiger partial charge in [-0.2, -0.15) is 5.10 Å². The van der Waals surface area contributed by atoms with Crippen LogP contribution < -0.4 is 10.2 Å².